The van der Waals surface area contributed by atoms with Crippen LogP contribution in [0.3, 0.4) is 0 Å². The maximum atomic E-state index is 3.22. The van der Waals surface area contributed by atoms with E-state index in [4.69, 9.17) is 0 Å². The fourth-order valence-electron chi connectivity index (χ4n) is 2.70. The first kappa shape index (κ1) is 28.7. The number of allylic oxidation sites excluding steroid dienone is 11. The summed E-state index contributed by atoms with van der Waals surface area (Å²) in [5.41, 5.74) is 8.25. The predicted molar refractivity (Wildman–Crippen MR) is 148 cm³/mol. The Kier molecular flexibility index (Phi) is 18.7. The quantitative estimate of drug-likeness (QED) is 0.421. The van der Waals surface area contributed by atoms with Crippen LogP contribution in [0, 0.1) is 0 Å². The Hall–Kier alpha value is -3.34. The summed E-state index contributed by atoms with van der Waals surface area (Å²) >= 11 is 0. The largest absolute Gasteiger partial charge is 0.112 e. The third-order valence-corrected chi connectivity index (χ3v) is 4.04. The van der Waals surface area contributed by atoms with Gasteiger partial charge in [-0.25, -0.2) is 0 Å². The summed E-state index contributed by atoms with van der Waals surface area (Å²) in [7, 11) is 0. The highest BCUT2D eigenvalue weighted by Gasteiger charge is 1.98. The van der Waals surface area contributed by atoms with Gasteiger partial charge in [-0.15, -0.1) is 5.73 Å². The van der Waals surface area contributed by atoms with Gasteiger partial charge in [0.25, 0.3) is 0 Å². The molecular formula is C32H40. The van der Waals surface area contributed by atoms with E-state index in [9.17, 15) is 0 Å². The molecule has 0 unspecified atom stereocenters. The summed E-state index contributed by atoms with van der Waals surface area (Å²) in [6.45, 7) is 12.0. The van der Waals surface area contributed by atoms with Gasteiger partial charge in [-0.3, -0.25) is 0 Å². The summed E-state index contributed by atoms with van der Waals surface area (Å²) in [5.74, 6) is 0. The molecule has 0 saturated carbocycles. The molecule has 0 N–H and O–H groups in total. The zero-order chi connectivity index (χ0) is 23.9. The number of hydrogen-bond acceptors (Lipinski definition) is 0. The second-order valence-corrected chi connectivity index (χ2v) is 5.91. The van der Waals surface area contributed by atoms with Crippen LogP contribution in [-0.2, 0) is 0 Å². The lowest BCUT2D eigenvalue weighted by atomic mass is 10.0. The average molecular weight is 425 g/mol. The molecule has 0 heterocycles. The molecule has 2 aliphatic carbocycles. The third kappa shape index (κ3) is 11.7. The molecule has 4 rings (SSSR count). The van der Waals surface area contributed by atoms with E-state index >= 15 is 0 Å². The normalized spacial score (nSPS) is 12.4. The van der Waals surface area contributed by atoms with Crippen LogP contribution in [0.5, 0.6) is 0 Å². The van der Waals surface area contributed by atoms with Gasteiger partial charge in [0.2, 0.25) is 0 Å². The smallest absolute Gasteiger partial charge is 0.0237 e. The van der Waals surface area contributed by atoms with E-state index in [-0.39, 0.29) is 0 Å². The summed E-state index contributed by atoms with van der Waals surface area (Å²) in [5, 5.41) is 0. The topological polar surface area (TPSA) is 0 Å². The van der Waals surface area contributed by atoms with Crippen LogP contribution in [0.1, 0.15) is 59.1 Å². The van der Waals surface area contributed by atoms with Crippen molar-refractivity contribution in [3.8, 4) is 0 Å². The van der Waals surface area contributed by atoms with E-state index in [0.29, 0.717) is 0 Å². The van der Waals surface area contributed by atoms with Crippen molar-refractivity contribution in [2.45, 2.75) is 48.0 Å². The Morgan fingerprint density at radius 3 is 1.75 bits per heavy atom. The molecule has 0 bridgehead atoms. The molecule has 0 aromatic heterocycles. The van der Waals surface area contributed by atoms with Crippen molar-refractivity contribution in [1.82, 2.24) is 0 Å². The molecule has 2 aliphatic rings. The van der Waals surface area contributed by atoms with E-state index in [1.807, 2.05) is 90.1 Å². The molecule has 0 heteroatoms. The highest BCUT2D eigenvalue weighted by molar-refractivity contribution is 5.74. The fourth-order valence-corrected chi connectivity index (χ4v) is 2.70. The van der Waals surface area contributed by atoms with Crippen LogP contribution in [0.2, 0.25) is 0 Å². The first-order valence-electron chi connectivity index (χ1n) is 11.9. The summed E-state index contributed by atoms with van der Waals surface area (Å²) in [4.78, 5) is 0. The van der Waals surface area contributed by atoms with E-state index < -0.39 is 0 Å². The SMILES string of the molecule is C1=CC=C(c2ccccc2)CC=C1.C1=CC=CC=CC=1c1ccccc1.CC.CC.CC. The second kappa shape index (κ2) is 20.9. The highest BCUT2D eigenvalue weighted by atomic mass is 14.0. The first-order valence-corrected chi connectivity index (χ1v) is 11.9. The fraction of sp³-hybridized carbons (Fsp3) is 0.219. The Labute approximate surface area is 197 Å². The van der Waals surface area contributed by atoms with Gasteiger partial charge in [0, 0.05) is 5.57 Å². The maximum absolute atomic E-state index is 3.22. The molecule has 0 radical (unpaired) electrons. The lowest BCUT2D eigenvalue weighted by Crippen LogP contribution is -1.80. The van der Waals surface area contributed by atoms with Gasteiger partial charge >= 0.3 is 0 Å². The predicted octanol–water partition coefficient (Wildman–Crippen LogP) is 10.0. The van der Waals surface area contributed by atoms with Gasteiger partial charge in [-0.2, -0.15) is 0 Å². The maximum Gasteiger partial charge on any atom is 0.0237 e. The van der Waals surface area contributed by atoms with Crippen LogP contribution in [-0.4, -0.2) is 0 Å². The highest BCUT2D eigenvalue weighted by Crippen LogP contribution is 2.19. The van der Waals surface area contributed by atoms with E-state index in [1.165, 1.54) is 16.7 Å². The van der Waals surface area contributed by atoms with E-state index in [2.05, 4.69) is 78.6 Å². The van der Waals surface area contributed by atoms with Crippen molar-refractivity contribution in [3.05, 3.63) is 138 Å². The number of benzene rings is 2. The van der Waals surface area contributed by atoms with Crippen molar-refractivity contribution < 1.29 is 0 Å². The Morgan fingerprint density at radius 1 is 0.562 bits per heavy atom. The minimum atomic E-state index is 1.02. The van der Waals surface area contributed by atoms with E-state index in [0.717, 1.165) is 12.0 Å². The van der Waals surface area contributed by atoms with Gasteiger partial charge < -0.3 is 0 Å². The molecule has 0 amide bonds. The number of rotatable bonds is 2. The molecular weight excluding hydrogens is 384 g/mol. The van der Waals surface area contributed by atoms with Crippen LogP contribution < -0.4 is 0 Å². The van der Waals surface area contributed by atoms with Crippen LogP contribution in [0.25, 0.3) is 11.1 Å². The van der Waals surface area contributed by atoms with E-state index in [1.54, 1.807) is 0 Å². The zero-order valence-corrected chi connectivity index (χ0v) is 20.8. The molecule has 2 aromatic carbocycles. The Morgan fingerprint density at radius 2 is 1.12 bits per heavy atom. The zero-order valence-electron chi connectivity index (χ0n) is 20.8. The minimum Gasteiger partial charge on any atom is -0.112 e. The van der Waals surface area contributed by atoms with Gasteiger partial charge in [-0.05, 0) is 35.3 Å². The summed E-state index contributed by atoms with van der Waals surface area (Å²) in [6, 6.07) is 20.8. The molecule has 0 aliphatic heterocycles. The van der Waals surface area contributed by atoms with Gasteiger partial charge in [0.1, 0.15) is 0 Å². The van der Waals surface area contributed by atoms with Crippen molar-refractivity contribution in [2.24, 2.45) is 0 Å². The van der Waals surface area contributed by atoms with Gasteiger partial charge in [0.05, 0.1) is 0 Å². The first-order chi connectivity index (χ1) is 15.9. The van der Waals surface area contributed by atoms with Crippen molar-refractivity contribution in [3.63, 3.8) is 0 Å². The lowest BCUT2D eigenvalue weighted by Gasteiger charge is -2.02. The number of hydrogen-bond donors (Lipinski definition) is 0. The van der Waals surface area contributed by atoms with Crippen molar-refractivity contribution in [2.75, 3.05) is 0 Å². The molecule has 0 spiro atoms. The molecule has 0 nitrogen and oxygen atoms in total. The standard InChI is InChI=1S/C13H12.C13H10.3C2H6/c2*1-2-5-9-12(8-4-1)13-10-6-3-7-11-13;3*1-2/h1-8,10-11H,9H2;1-8,10-11H;3*1-2H3. The third-order valence-electron chi connectivity index (χ3n) is 4.04. The molecule has 0 fully saturated rings. The summed E-state index contributed by atoms with van der Waals surface area (Å²) in [6.07, 6.45) is 21.6. The van der Waals surface area contributed by atoms with Crippen LogP contribution in [0.4, 0.5) is 0 Å². The van der Waals surface area contributed by atoms with Gasteiger partial charge in [0.15, 0.2) is 0 Å². The van der Waals surface area contributed by atoms with Crippen LogP contribution in [0.15, 0.2) is 127 Å². The molecule has 168 valence electrons. The molecule has 32 heavy (non-hydrogen) atoms. The van der Waals surface area contributed by atoms with Gasteiger partial charge in [-0.1, -0.05) is 151 Å². The van der Waals surface area contributed by atoms with Crippen LogP contribution >= 0.6 is 0 Å². The Balaban J connectivity index is 0.000000488. The monoisotopic (exact) mass is 424 g/mol. The van der Waals surface area contributed by atoms with Crippen molar-refractivity contribution in [1.29, 1.82) is 0 Å². The lowest BCUT2D eigenvalue weighted by molar-refractivity contribution is 1.40. The molecule has 2 aromatic rings. The molecule has 0 atom stereocenters. The minimum absolute atomic E-state index is 1.02. The second-order valence-electron chi connectivity index (χ2n) is 5.91. The molecule has 0 saturated heterocycles. The Bertz CT molecular complexity index is 911. The van der Waals surface area contributed by atoms with Crippen molar-refractivity contribution >= 4 is 11.1 Å². The summed E-state index contributed by atoms with van der Waals surface area (Å²) < 4.78 is 0. The average Bonchev–Trinajstić information content (AvgIpc) is 3.35.